The Balaban J connectivity index is 1.47. The Kier molecular flexibility index (Phi) is 4.92. The molecule has 1 atom stereocenters. The van der Waals surface area contributed by atoms with E-state index in [0.29, 0.717) is 19.5 Å². The standard InChI is InChI=1S/C20H23FN4O2/c21-16-7-5-14(6-8-16)17-11-22-23-20(17)15-3-1-9-24(12-15)19(27)13-25-10-2-4-18(25)26/h5-8,11,15H,1-4,9-10,12-13H2,(H,22,23). The molecule has 6 nitrogen and oxygen atoms in total. The van der Waals surface area contributed by atoms with Gasteiger partial charge in [-0.05, 0) is 37.0 Å². The fourth-order valence-electron chi connectivity index (χ4n) is 4.04. The van der Waals surface area contributed by atoms with Gasteiger partial charge in [0.05, 0.1) is 12.7 Å². The average Bonchev–Trinajstić information content (AvgIpc) is 3.32. The highest BCUT2D eigenvalue weighted by atomic mass is 19.1. The summed E-state index contributed by atoms with van der Waals surface area (Å²) in [5, 5.41) is 7.27. The Bertz CT molecular complexity index is 833. The topological polar surface area (TPSA) is 69.3 Å². The molecule has 1 unspecified atom stereocenters. The summed E-state index contributed by atoms with van der Waals surface area (Å²) in [6, 6.07) is 6.37. The predicted molar refractivity (Wildman–Crippen MR) is 98.4 cm³/mol. The van der Waals surface area contributed by atoms with Crippen LogP contribution in [0.2, 0.25) is 0 Å². The summed E-state index contributed by atoms with van der Waals surface area (Å²) in [4.78, 5) is 28.0. The number of amides is 2. The van der Waals surface area contributed by atoms with Crippen LogP contribution in [0.15, 0.2) is 30.5 Å². The normalized spacial score (nSPS) is 20.3. The van der Waals surface area contributed by atoms with E-state index >= 15 is 0 Å². The van der Waals surface area contributed by atoms with Gasteiger partial charge in [-0.3, -0.25) is 14.7 Å². The third-order valence-electron chi connectivity index (χ3n) is 5.50. The molecular weight excluding hydrogens is 347 g/mol. The highest BCUT2D eigenvalue weighted by molar-refractivity contribution is 5.86. The summed E-state index contributed by atoms with van der Waals surface area (Å²) in [6.45, 7) is 2.19. The largest absolute Gasteiger partial charge is 0.340 e. The van der Waals surface area contributed by atoms with E-state index in [4.69, 9.17) is 0 Å². The van der Waals surface area contributed by atoms with Crippen molar-refractivity contribution in [2.45, 2.75) is 31.6 Å². The quantitative estimate of drug-likeness (QED) is 0.899. The molecule has 2 aliphatic rings. The van der Waals surface area contributed by atoms with Crippen LogP contribution < -0.4 is 0 Å². The summed E-state index contributed by atoms with van der Waals surface area (Å²) in [5.74, 6) is -0.0314. The Hall–Kier alpha value is -2.70. The minimum atomic E-state index is -0.269. The first kappa shape index (κ1) is 17.7. The lowest BCUT2D eigenvalue weighted by Gasteiger charge is -2.33. The van der Waals surface area contributed by atoms with E-state index < -0.39 is 0 Å². The highest BCUT2D eigenvalue weighted by Gasteiger charge is 2.30. The minimum absolute atomic E-state index is 0.0118. The van der Waals surface area contributed by atoms with Crippen molar-refractivity contribution in [3.63, 3.8) is 0 Å². The van der Waals surface area contributed by atoms with Crippen molar-refractivity contribution in [1.82, 2.24) is 20.0 Å². The summed E-state index contributed by atoms with van der Waals surface area (Å²) in [7, 11) is 0. The van der Waals surface area contributed by atoms with Gasteiger partial charge in [0.2, 0.25) is 11.8 Å². The van der Waals surface area contributed by atoms with E-state index in [1.165, 1.54) is 12.1 Å². The molecule has 2 amide bonds. The molecule has 1 N–H and O–H groups in total. The highest BCUT2D eigenvalue weighted by Crippen LogP contribution is 2.33. The van der Waals surface area contributed by atoms with E-state index in [2.05, 4.69) is 10.2 Å². The van der Waals surface area contributed by atoms with Crippen LogP contribution in [0.1, 0.15) is 37.3 Å². The molecule has 2 aromatic rings. The van der Waals surface area contributed by atoms with E-state index in [1.54, 1.807) is 23.2 Å². The summed E-state index contributed by atoms with van der Waals surface area (Å²) in [5.41, 5.74) is 2.84. The molecule has 1 aromatic carbocycles. The molecule has 0 aliphatic carbocycles. The van der Waals surface area contributed by atoms with Gasteiger partial charge in [-0.1, -0.05) is 12.1 Å². The molecule has 7 heteroatoms. The Morgan fingerprint density at radius 3 is 2.78 bits per heavy atom. The molecule has 2 saturated heterocycles. The van der Waals surface area contributed by atoms with Crippen molar-refractivity contribution in [3.8, 4) is 11.1 Å². The number of hydrogen-bond donors (Lipinski definition) is 1. The number of nitrogens with one attached hydrogen (secondary N) is 1. The van der Waals surface area contributed by atoms with Crippen molar-refractivity contribution >= 4 is 11.8 Å². The maximum atomic E-state index is 13.2. The summed E-state index contributed by atoms with van der Waals surface area (Å²) >= 11 is 0. The van der Waals surface area contributed by atoms with E-state index in [1.807, 2.05) is 4.90 Å². The number of benzene rings is 1. The zero-order chi connectivity index (χ0) is 18.8. The van der Waals surface area contributed by atoms with Crippen molar-refractivity contribution < 1.29 is 14.0 Å². The minimum Gasteiger partial charge on any atom is -0.340 e. The third kappa shape index (κ3) is 3.72. The molecule has 142 valence electrons. The van der Waals surface area contributed by atoms with E-state index in [0.717, 1.165) is 42.6 Å². The zero-order valence-electron chi connectivity index (χ0n) is 15.2. The van der Waals surface area contributed by atoms with Crippen molar-refractivity contribution in [2.24, 2.45) is 0 Å². The number of carbonyl (C=O) groups is 2. The second kappa shape index (κ2) is 7.50. The lowest BCUT2D eigenvalue weighted by molar-refractivity contribution is -0.139. The Morgan fingerprint density at radius 1 is 1.22 bits per heavy atom. The first-order valence-corrected chi connectivity index (χ1v) is 9.46. The van der Waals surface area contributed by atoms with Crippen LogP contribution in [0.5, 0.6) is 0 Å². The Morgan fingerprint density at radius 2 is 2.04 bits per heavy atom. The van der Waals surface area contributed by atoms with Crippen molar-refractivity contribution in [3.05, 3.63) is 42.0 Å². The molecule has 4 rings (SSSR count). The molecule has 3 heterocycles. The third-order valence-corrected chi connectivity index (χ3v) is 5.50. The van der Waals surface area contributed by atoms with Crippen LogP contribution in [0.3, 0.4) is 0 Å². The van der Waals surface area contributed by atoms with Gasteiger partial charge in [-0.25, -0.2) is 4.39 Å². The Labute approximate surface area is 157 Å². The van der Waals surface area contributed by atoms with Crippen molar-refractivity contribution in [1.29, 1.82) is 0 Å². The molecule has 0 bridgehead atoms. The van der Waals surface area contributed by atoms with Gasteiger partial charge in [-0.2, -0.15) is 5.10 Å². The molecule has 0 spiro atoms. The van der Waals surface area contributed by atoms with Gasteiger partial charge in [0.1, 0.15) is 5.82 Å². The molecule has 2 aliphatic heterocycles. The fraction of sp³-hybridized carbons (Fsp3) is 0.450. The number of piperidine rings is 1. The zero-order valence-corrected chi connectivity index (χ0v) is 15.2. The van der Waals surface area contributed by atoms with Crippen LogP contribution in [-0.4, -0.2) is 58.0 Å². The number of likely N-dealkylation sites (tertiary alicyclic amines) is 2. The van der Waals surface area contributed by atoms with E-state index in [9.17, 15) is 14.0 Å². The molecular formula is C20H23FN4O2. The predicted octanol–water partition coefficient (Wildman–Crippen LogP) is 2.54. The van der Waals surface area contributed by atoms with Crippen LogP contribution in [-0.2, 0) is 9.59 Å². The number of rotatable bonds is 4. The van der Waals surface area contributed by atoms with Gasteiger partial charge >= 0.3 is 0 Å². The number of halogens is 1. The van der Waals surface area contributed by atoms with Gasteiger partial charge < -0.3 is 9.80 Å². The second-order valence-electron chi connectivity index (χ2n) is 7.30. The molecule has 1 aromatic heterocycles. The number of nitrogens with zero attached hydrogens (tertiary/aromatic N) is 3. The first-order valence-electron chi connectivity index (χ1n) is 9.46. The maximum Gasteiger partial charge on any atom is 0.242 e. The smallest absolute Gasteiger partial charge is 0.242 e. The fourth-order valence-corrected chi connectivity index (χ4v) is 4.04. The average molecular weight is 370 g/mol. The van der Waals surface area contributed by atoms with Gasteiger partial charge in [0, 0.05) is 43.2 Å². The first-order chi connectivity index (χ1) is 13.1. The van der Waals surface area contributed by atoms with Crippen molar-refractivity contribution in [2.75, 3.05) is 26.2 Å². The van der Waals surface area contributed by atoms with Crippen LogP contribution in [0, 0.1) is 5.82 Å². The SMILES string of the molecule is O=C1CCCN1CC(=O)N1CCCC(c2[nH]ncc2-c2ccc(F)cc2)C1. The number of aromatic amines is 1. The summed E-state index contributed by atoms with van der Waals surface area (Å²) < 4.78 is 13.2. The monoisotopic (exact) mass is 370 g/mol. The molecule has 0 saturated carbocycles. The van der Waals surface area contributed by atoms with Gasteiger partial charge in [-0.15, -0.1) is 0 Å². The number of aromatic nitrogens is 2. The van der Waals surface area contributed by atoms with Crippen LogP contribution in [0.4, 0.5) is 4.39 Å². The van der Waals surface area contributed by atoms with Crippen LogP contribution in [0.25, 0.3) is 11.1 Å². The molecule has 2 fully saturated rings. The number of H-pyrrole nitrogens is 1. The number of carbonyl (C=O) groups excluding carboxylic acids is 2. The number of hydrogen-bond acceptors (Lipinski definition) is 3. The van der Waals surface area contributed by atoms with Gasteiger partial charge in [0.15, 0.2) is 0 Å². The summed E-state index contributed by atoms with van der Waals surface area (Å²) in [6.07, 6.45) is 5.01. The second-order valence-corrected chi connectivity index (χ2v) is 7.30. The molecule has 27 heavy (non-hydrogen) atoms. The van der Waals surface area contributed by atoms with Gasteiger partial charge in [0.25, 0.3) is 0 Å². The lowest BCUT2D eigenvalue weighted by Crippen LogP contribution is -2.45. The van der Waals surface area contributed by atoms with Crippen LogP contribution >= 0.6 is 0 Å². The van der Waals surface area contributed by atoms with E-state index in [-0.39, 0.29) is 30.1 Å². The molecule has 0 radical (unpaired) electrons. The lowest BCUT2D eigenvalue weighted by atomic mass is 9.90. The maximum absolute atomic E-state index is 13.2.